The van der Waals surface area contributed by atoms with E-state index in [1.165, 1.54) is 0 Å². The molecule has 0 amide bonds. The van der Waals surface area contributed by atoms with Gasteiger partial charge in [0.2, 0.25) is 5.89 Å². The molecule has 22 heavy (non-hydrogen) atoms. The number of aryl methyl sites for hydroxylation is 2. The van der Waals surface area contributed by atoms with E-state index in [1.54, 1.807) is 12.1 Å². The minimum absolute atomic E-state index is 0.235. The van der Waals surface area contributed by atoms with Crippen molar-refractivity contribution in [2.24, 2.45) is 0 Å². The van der Waals surface area contributed by atoms with Gasteiger partial charge in [0.25, 0.3) is 5.89 Å². The van der Waals surface area contributed by atoms with Gasteiger partial charge in [-0.1, -0.05) is 35.9 Å². The molecule has 4 nitrogen and oxygen atoms in total. The molecule has 3 aromatic rings. The largest absolute Gasteiger partial charge is 0.483 e. The maximum Gasteiger partial charge on any atom is 0.254 e. The van der Waals surface area contributed by atoms with Crippen molar-refractivity contribution < 1.29 is 9.15 Å². The Bertz CT molecular complexity index is 779. The second kappa shape index (κ2) is 6.20. The van der Waals surface area contributed by atoms with Crippen LogP contribution in [0, 0.1) is 13.8 Å². The Morgan fingerprint density at radius 1 is 1.05 bits per heavy atom. The summed E-state index contributed by atoms with van der Waals surface area (Å²) in [6.07, 6.45) is 0. The molecule has 112 valence electrons. The van der Waals surface area contributed by atoms with Crippen LogP contribution in [-0.4, -0.2) is 10.2 Å². The van der Waals surface area contributed by atoms with Crippen molar-refractivity contribution in [3.63, 3.8) is 0 Å². The zero-order valence-corrected chi connectivity index (χ0v) is 13.1. The van der Waals surface area contributed by atoms with Crippen molar-refractivity contribution in [1.29, 1.82) is 0 Å². The van der Waals surface area contributed by atoms with Crippen LogP contribution in [-0.2, 0) is 6.61 Å². The van der Waals surface area contributed by atoms with Crippen molar-refractivity contribution in [3.8, 4) is 17.2 Å². The molecule has 0 bridgehead atoms. The van der Waals surface area contributed by atoms with Crippen LogP contribution < -0.4 is 4.74 Å². The summed E-state index contributed by atoms with van der Waals surface area (Å²) in [4.78, 5) is 0. The van der Waals surface area contributed by atoms with Crippen LogP contribution in [0.5, 0.6) is 5.75 Å². The van der Waals surface area contributed by atoms with Gasteiger partial charge in [0, 0.05) is 10.6 Å². The predicted molar refractivity (Wildman–Crippen MR) is 85.0 cm³/mol. The van der Waals surface area contributed by atoms with Crippen LogP contribution >= 0.6 is 11.6 Å². The lowest BCUT2D eigenvalue weighted by Gasteiger charge is -2.09. The summed E-state index contributed by atoms with van der Waals surface area (Å²) in [7, 11) is 0. The van der Waals surface area contributed by atoms with Crippen molar-refractivity contribution >= 4 is 11.6 Å². The highest BCUT2D eigenvalue weighted by Crippen LogP contribution is 2.25. The molecule has 3 rings (SSSR count). The third-order valence-electron chi connectivity index (χ3n) is 3.29. The summed E-state index contributed by atoms with van der Waals surface area (Å²) in [5, 5.41) is 8.67. The van der Waals surface area contributed by atoms with E-state index in [9.17, 15) is 0 Å². The molecule has 0 aliphatic heterocycles. The summed E-state index contributed by atoms with van der Waals surface area (Å²) >= 11 is 5.96. The molecule has 0 radical (unpaired) electrons. The number of hydrogen-bond acceptors (Lipinski definition) is 4. The smallest absolute Gasteiger partial charge is 0.254 e. The lowest BCUT2D eigenvalue weighted by Crippen LogP contribution is -1.99. The molecule has 0 spiro atoms. The average molecular weight is 315 g/mol. The third-order valence-corrected chi connectivity index (χ3v) is 3.52. The molecule has 0 unspecified atom stereocenters. The Labute approximate surface area is 133 Å². The molecule has 0 atom stereocenters. The van der Waals surface area contributed by atoms with E-state index in [0.29, 0.717) is 16.8 Å². The quantitative estimate of drug-likeness (QED) is 0.707. The summed E-state index contributed by atoms with van der Waals surface area (Å²) in [5.74, 6) is 1.71. The first-order chi connectivity index (χ1) is 10.6. The lowest BCUT2D eigenvalue weighted by molar-refractivity contribution is 0.261. The molecule has 0 aliphatic carbocycles. The fraction of sp³-hybridized carbons (Fsp3) is 0.176. The number of nitrogens with zero attached hydrogens (tertiary/aromatic N) is 2. The average Bonchev–Trinajstić information content (AvgIpc) is 2.96. The van der Waals surface area contributed by atoms with E-state index in [1.807, 2.05) is 44.2 Å². The summed E-state index contributed by atoms with van der Waals surface area (Å²) in [6, 6.07) is 13.3. The number of benzene rings is 2. The van der Waals surface area contributed by atoms with Gasteiger partial charge < -0.3 is 9.15 Å². The fourth-order valence-corrected chi connectivity index (χ4v) is 2.40. The van der Waals surface area contributed by atoms with Gasteiger partial charge in [-0.25, -0.2) is 0 Å². The van der Waals surface area contributed by atoms with E-state index in [2.05, 4.69) is 10.2 Å². The van der Waals surface area contributed by atoms with Crippen LogP contribution in [0.25, 0.3) is 11.5 Å². The van der Waals surface area contributed by atoms with Crippen molar-refractivity contribution in [3.05, 3.63) is 64.5 Å². The Kier molecular flexibility index (Phi) is 4.11. The monoisotopic (exact) mass is 314 g/mol. The van der Waals surface area contributed by atoms with Crippen LogP contribution in [0.4, 0.5) is 0 Å². The number of para-hydroxylation sites is 1. The van der Waals surface area contributed by atoms with Crippen molar-refractivity contribution in [1.82, 2.24) is 10.2 Å². The van der Waals surface area contributed by atoms with Crippen molar-refractivity contribution in [2.75, 3.05) is 0 Å². The van der Waals surface area contributed by atoms with E-state index < -0.39 is 0 Å². The molecule has 0 aliphatic rings. The maximum absolute atomic E-state index is 5.96. The highest BCUT2D eigenvalue weighted by molar-refractivity contribution is 6.30. The van der Waals surface area contributed by atoms with E-state index in [4.69, 9.17) is 20.8 Å². The van der Waals surface area contributed by atoms with Gasteiger partial charge in [-0.05, 0) is 43.2 Å². The topological polar surface area (TPSA) is 48.2 Å². The molecule has 1 heterocycles. The van der Waals surface area contributed by atoms with Crippen LogP contribution in [0.1, 0.15) is 17.0 Å². The third kappa shape index (κ3) is 3.12. The minimum Gasteiger partial charge on any atom is -0.483 e. The normalized spacial score (nSPS) is 10.7. The van der Waals surface area contributed by atoms with Gasteiger partial charge in [0.05, 0.1) is 0 Å². The molecular formula is C17H15ClN2O2. The highest BCUT2D eigenvalue weighted by Gasteiger charge is 2.11. The standard InChI is InChI=1S/C17H15ClN2O2/c1-11-5-3-6-12(2)16(11)21-10-15-19-20-17(22-15)13-7-4-8-14(18)9-13/h3-9H,10H2,1-2H3. The van der Waals surface area contributed by atoms with E-state index >= 15 is 0 Å². The number of hydrogen-bond donors (Lipinski definition) is 0. The van der Waals surface area contributed by atoms with Crippen LogP contribution in [0.2, 0.25) is 5.02 Å². The first-order valence-corrected chi connectivity index (χ1v) is 7.28. The van der Waals surface area contributed by atoms with E-state index in [-0.39, 0.29) is 6.61 Å². The van der Waals surface area contributed by atoms with Gasteiger partial charge in [-0.3, -0.25) is 0 Å². The van der Waals surface area contributed by atoms with Gasteiger partial charge >= 0.3 is 0 Å². The zero-order chi connectivity index (χ0) is 15.5. The number of rotatable bonds is 4. The molecule has 5 heteroatoms. The second-order valence-electron chi connectivity index (χ2n) is 5.02. The SMILES string of the molecule is Cc1cccc(C)c1OCc1nnc(-c2cccc(Cl)c2)o1. The van der Waals surface area contributed by atoms with Gasteiger partial charge in [-0.15, -0.1) is 10.2 Å². The molecule has 0 N–H and O–H groups in total. The molecule has 2 aromatic carbocycles. The Hall–Kier alpha value is -2.33. The van der Waals surface area contributed by atoms with Gasteiger partial charge in [0.1, 0.15) is 5.75 Å². The molecule has 0 saturated carbocycles. The van der Waals surface area contributed by atoms with E-state index in [0.717, 1.165) is 22.4 Å². The van der Waals surface area contributed by atoms with Crippen molar-refractivity contribution in [2.45, 2.75) is 20.5 Å². The molecule has 0 fully saturated rings. The zero-order valence-electron chi connectivity index (χ0n) is 12.3. The Balaban J connectivity index is 1.75. The van der Waals surface area contributed by atoms with Gasteiger partial charge in [-0.2, -0.15) is 0 Å². The predicted octanol–water partition coefficient (Wildman–Crippen LogP) is 4.59. The highest BCUT2D eigenvalue weighted by atomic mass is 35.5. The number of aromatic nitrogens is 2. The molecular weight excluding hydrogens is 300 g/mol. The summed E-state index contributed by atoms with van der Waals surface area (Å²) < 4.78 is 11.4. The first kappa shape index (κ1) is 14.6. The number of ether oxygens (including phenoxy) is 1. The first-order valence-electron chi connectivity index (χ1n) is 6.91. The summed E-state index contributed by atoms with van der Waals surface area (Å²) in [6.45, 7) is 4.25. The number of halogens is 1. The van der Waals surface area contributed by atoms with Crippen LogP contribution in [0.3, 0.4) is 0 Å². The lowest BCUT2D eigenvalue weighted by atomic mass is 10.1. The van der Waals surface area contributed by atoms with Gasteiger partial charge in [0.15, 0.2) is 6.61 Å². The molecule has 1 aromatic heterocycles. The minimum atomic E-state index is 0.235. The second-order valence-corrected chi connectivity index (χ2v) is 5.46. The molecule has 0 saturated heterocycles. The van der Waals surface area contributed by atoms with Crippen LogP contribution in [0.15, 0.2) is 46.9 Å². The maximum atomic E-state index is 5.96. The fourth-order valence-electron chi connectivity index (χ4n) is 2.21. The Morgan fingerprint density at radius 3 is 2.50 bits per heavy atom. The Morgan fingerprint density at radius 2 is 1.77 bits per heavy atom. The summed E-state index contributed by atoms with van der Waals surface area (Å²) in [5.41, 5.74) is 2.95.